The summed E-state index contributed by atoms with van der Waals surface area (Å²) in [5.41, 5.74) is 1.84. The summed E-state index contributed by atoms with van der Waals surface area (Å²) in [6, 6.07) is 10.8. The fourth-order valence-corrected chi connectivity index (χ4v) is 4.45. The summed E-state index contributed by atoms with van der Waals surface area (Å²) in [4.78, 5) is 18.8. The van der Waals surface area contributed by atoms with Crippen molar-refractivity contribution in [3.05, 3.63) is 65.5 Å². The second kappa shape index (κ2) is 9.53. The number of anilines is 1. The number of thiazole rings is 1. The van der Waals surface area contributed by atoms with Crippen molar-refractivity contribution in [2.45, 2.75) is 20.4 Å². The van der Waals surface area contributed by atoms with Crippen LogP contribution in [0.3, 0.4) is 0 Å². The summed E-state index contributed by atoms with van der Waals surface area (Å²) in [5.74, 6) is -0.772. The van der Waals surface area contributed by atoms with Gasteiger partial charge in [-0.3, -0.25) is 14.4 Å². The van der Waals surface area contributed by atoms with Gasteiger partial charge in [0, 0.05) is 24.4 Å². The summed E-state index contributed by atoms with van der Waals surface area (Å²) in [6.45, 7) is 4.17. The van der Waals surface area contributed by atoms with Crippen LogP contribution in [0.5, 0.6) is 11.5 Å². The highest BCUT2D eigenvalue weighted by atomic mass is 32.1. The Bertz CT molecular complexity index is 1300. The standard InChI is InChI=1S/C23H22F2N4O3S/c1-14-9-15(2)29(27-14)8-7-28(21(30)13-32-18-6-4-5-17(12-18)31-3)23-26-22-19(25)10-16(24)11-20(22)33-23/h4-6,9-12H,7-8,13H2,1-3H3. The van der Waals surface area contributed by atoms with E-state index in [1.54, 1.807) is 36.1 Å². The zero-order valence-corrected chi connectivity index (χ0v) is 19.2. The highest BCUT2D eigenvalue weighted by Crippen LogP contribution is 2.31. The van der Waals surface area contributed by atoms with E-state index in [9.17, 15) is 13.6 Å². The summed E-state index contributed by atoms with van der Waals surface area (Å²) < 4.78 is 40.8. The first-order chi connectivity index (χ1) is 15.8. The number of halogens is 2. The molecule has 4 aromatic rings. The minimum absolute atomic E-state index is 0.0222. The van der Waals surface area contributed by atoms with Crippen molar-refractivity contribution in [1.29, 1.82) is 0 Å². The molecule has 0 saturated carbocycles. The predicted octanol–water partition coefficient (Wildman–Crippen LogP) is 4.51. The Morgan fingerprint density at radius 2 is 1.94 bits per heavy atom. The van der Waals surface area contributed by atoms with Crippen molar-refractivity contribution in [3.8, 4) is 11.5 Å². The number of hydrogen-bond donors (Lipinski definition) is 0. The molecule has 0 aliphatic carbocycles. The van der Waals surface area contributed by atoms with Crippen LogP contribution in [0.2, 0.25) is 0 Å². The van der Waals surface area contributed by atoms with Crippen molar-refractivity contribution >= 4 is 32.6 Å². The number of methoxy groups -OCH3 is 1. The van der Waals surface area contributed by atoms with Crippen molar-refractivity contribution in [3.63, 3.8) is 0 Å². The van der Waals surface area contributed by atoms with E-state index in [2.05, 4.69) is 10.1 Å². The van der Waals surface area contributed by atoms with Gasteiger partial charge >= 0.3 is 0 Å². The summed E-state index contributed by atoms with van der Waals surface area (Å²) >= 11 is 1.04. The van der Waals surface area contributed by atoms with Gasteiger partial charge in [0.05, 0.1) is 24.0 Å². The molecular weight excluding hydrogens is 450 g/mol. The molecular formula is C23H22F2N4O3S. The topological polar surface area (TPSA) is 69.5 Å². The van der Waals surface area contributed by atoms with E-state index < -0.39 is 11.6 Å². The Balaban J connectivity index is 1.59. The molecule has 2 aromatic carbocycles. The average Bonchev–Trinajstić information content (AvgIpc) is 3.35. The van der Waals surface area contributed by atoms with Gasteiger partial charge in [0.1, 0.15) is 22.8 Å². The van der Waals surface area contributed by atoms with Crippen LogP contribution < -0.4 is 14.4 Å². The largest absolute Gasteiger partial charge is 0.497 e. The quantitative estimate of drug-likeness (QED) is 0.378. The van der Waals surface area contributed by atoms with Crippen molar-refractivity contribution in [1.82, 2.24) is 14.8 Å². The number of nitrogens with zero attached hydrogens (tertiary/aromatic N) is 4. The molecule has 0 radical (unpaired) electrons. The summed E-state index contributed by atoms with van der Waals surface area (Å²) in [5, 5.41) is 4.68. The van der Waals surface area contributed by atoms with Gasteiger partial charge in [-0.1, -0.05) is 17.4 Å². The van der Waals surface area contributed by atoms with Gasteiger partial charge in [0.2, 0.25) is 0 Å². The van der Waals surface area contributed by atoms with Crippen molar-refractivity contribution < 1.29 is 23.0 Å². The minimum atomic E-state index is -0.772. The van der Waals surface area contributed by atoms with Crippen molar-refractivity contribution in [2.24, 2.45) is 0 Å². The summed E-state index contributed by atoms with van der Waals surface area (Å²) in [6.07, 6.45) is 0. The highest BCUT2D eigenvalue weighted by molar-refractivity contribution is 7.22. The van der Waals surface area contributed by atoms with Crippen LogP contribution in [0.15, 0.2) is 42.5 Å². The Kier molecular flexibility index (Phi) is 6.55. The molecule has 33 heavy (non-hydrogen) atoms. The average molecular weight is 473 g/mol. The second-order valence-electron chi connectivity index (χ2n) is 7.39. The number of aryl methyl sites for hydroxylation is 2. The third-order valence-corrected chi connectivity index (χ3v) is 6.00. The first-order valence-corrected chi connectivity index (χ1v) is 11.0. The molecule has 10 heteroatoms. The SMILES string of the molecule is COc1cccc(OCC(=O)N(CCn2nc(C)cc2C)c2nc3c(F)cc(F)cc3s2)c1. The van der Waals surface area contributed by atoms with E-state index in [-0.39, 0.29) is 29.7 Å². The van der Waals surface area contributed by atoms with Gasteiger partial charge in [-0.25, -0.2) is 13.8 Å². The molecule has 0 aliphatic rings. The highest BCUT2D eigenvalue weighted by Gasteiger charge is 2.22. The lowest BCUT2D eigenvalue weighted by Gasteiger charge is -2.20. The first kappa shape index (κ1) is 22.7. The molecule has 0 saturated heterocycles. The number of aromatic nitrogens is 3. The Hall–Kier alpha value is -3.53. The summed E-state index contributed by atoms with van der Waals surface area (Å²) in [7, 11) is 1.54. The third kappa shape index (κ3) is 5.11. The maximum absolute atomic E-state index is 14.2. The number of benzene rings is 2. The Labute approximate surface area is 193 Å². The minimum Gasteiger partial charge on any atom is -0.497 e. The third-order valence-electron chi connectivity index (χ3n) is 4.98. The fourth-order valence-electron chi connectivity index (χ4n) is 3.40. The van der Waals surface area contributed by atoms with Crippen LogP contribution in [-0.2, 0) is 11.3 Å². The molecule has 7 nitrogen and oxygen atoms in total. The van der Waals surface area contributed by atoms with Gasteiger partial charge in [0.25, 0.3) is 5.91 Å². The van der Waals surface area contributed by atoms with E-state index in [0.717, 1.165) is 28.8 Å². The lowest BCUT2D eigenvalue weighted by atomic mass is 10.3. The van der Waals surface area contributed by atoms with E-state index >= 15 is 0 Å². The number of hydrogen-bond acceptors (Lipinski definition) is 6. The molecule has 0 atom stereocenters. The van der Waals surface area contributed by atoms with Crippen LogP contribution in [0, 0.1) is 25.5 Å². The zero-order valence-electron chi connectivity index (χ0n) is 18.3. The molecule has 0 spiro atoms. The van der Waals surface area contributed by atoms with Gasteiger partial charge < -0.3 is 9.47 Å². The molecule has 0 aliphatic heterocycles. The van der Waals surface area contributed by atoms with Gasteiger partial charge in [-0.05, 0) is 38.1 Å². The normalized spacial score (nSPS) is 11.1. The Morgan fingerprint density at radius 3 is 2.67 bits per heavy atom. The molecule has 0 unspecified atom stereocenters. The molecule has 172 valence electrons. The van der Waals surface area contributed by atoms with Crippen LogP contribution in [0.25, 0.3) is 10.2 Å². The smallest absolute Gasteiger partial charge is 0.266 e. The van der Waals surface area contributed by atoms with Crippen LogP contribution >= 0.6 is 11.3 Å². The number of rotatable bonds is 8. The molecule has 0 bridgehead atoms. The van der Waals surface area contributed by atoms with Gasteiger partial charge in [-0.15, -0.1) is 0 Å². The number of ether oxygens (including phenoxy) is 2. The van der Waals surface area contributed by atoms with E-state index in [1.807, 2.05) is 19.9 Å². The van der Waals surface area contributed by atoms with Gasteiger partial charge in [-0.2, -0.15) is 5.10 Å². The molecule has 2 aromatic heterocycles. The van der Waals surface area contributed by atoms with E-state index in [4.69, 9.17) is 9.47 Å². The zero-order chi connectivity index (χ0) is 23.5. The molecule has 0 fully saturated rings. The lowest BCUT2D eigenvalue weighted by Crippen LogP contribution is -2.37. The maximum atomic E-state index is 14.2. The van der Waals surface area contributed by atoms with Crippen LogP contribution in [-0.4, -0.2) is 40.9 Å². The van der Waals surface area contributed by atoms with Crippen LogP contribution in [0.4, 0.5) is 13.9 Å². The number of carbonyl (C=O) groups excluding carboxylic acids is 1. The maximum Gasteiger partial charge on any atom is 0.266 e. The van der Waals surface area contributed by atoms with E-state index in [0.29, 0.717) is 22.7 Å². The first-order valence-electron chi connectivity index (χ1n) is 10.2. The molecule has 4 rings (SSSR count). The number of amides is 1. The molecule has 1 amide bonds. The fraction of sp³-hybridized carbons (Fsp3) is 0.261. The lowest BCUT2D eigenvalue weighted by molar-refractivity contribution is -0.120. The number of carbonyl (C=O) groups is 1. The van der Waals surface area contributed by atoms with E-state index in [1.165, 1.54) is 11.0 Å². The van der Waals surface area contributed by atoms with Crippen LogP contribution in [0.1, 0.15) is 11.4 Å². The monoisotopic (exact) mass is 472 g/mol. The molecule has 0 N–H and O–H groups in total. The second-order valence-corrected chi connectivity index (χ2v) is 8.40. The van der Waals surface area contributed by atoms with Crippen molar-refractivity contribution in [2.75, 3.05) is 25.2 Å². The van der Waals surface area contributed by atoms with Gasteiger partial charge in [0.15, 0.2) is 17.6 Å². The number of fused-ring (bicyclic) bond motifs is 1. The predicted molar refractivity (Wildman–Crippen MR) is 122 cm³/mol. The Morgan fingerprint density at radius 1 is 1.15 bits per heavy atom. The molecule has 2 heterocycles.